The highest BCUT2D eigenvalue weighted by Crippen LogP contribution is 2.58. The van der Waals surface area contributed by atoms with E-state index in [1.807, 2.05) is 0 Å². The van der Waals surface area contributed by atoms with Gasteiger partial charge in [0, 0.05) is 0 Å². The lowest BCUT2D eigenvalue weighted by Gasteiger charge is -2.35. The monoisotopic (exact) mass is 310 g/mol. The molecule has 3 rings (SSSR count). The summed E-state index contributed by atoms with van der Waals surface area (Å²) in [7, 11) is 1.36. The Balaban J connectivity index is 1.76. The molecule has 2 saturated carbocycles. The first-order valence-corrected chi connectivity index (χ1v) is 7.88. The van der Waals surface area contributed by atoms with E-state index >= 15 is 0 Å². The van der Waals surface area contributed by atoms with Crippen molar-refractivity contribution in [3.63, 3.8) is 0 Å². The zero-order chi connectivity index (χ0) is 16.0. The summed E-state index contributed by atoms with van der Waals surface area (Å²) in [6.45, 7) is 4.38. The Morgan fingerprint density at radius 2 is 1.68 bits per heavy atom. The highest BCUT2D eigenvalue weighted by atomic mass is 16.6. The van der Waals surface area contributed by atoms with Crippen LogP contribution in [0.3, 0.4) is 0 Å². The number of carbonyl (C=O) groups is 3. The van der Waals surface area contributed by atoms with E-state index in [0.717, 1.165) is 6.42 Å². The number of ether oxygens (including phenoxy) is 3. The first-order valence-electron chi connectivity index (χ1n) is 7.88. The lowest BCUT2D eigenvalue weighted by molar-refractivity contribution is -0.167. The minimum atomic E-state index is -0.523. The highest BCUT2D eigenvalue weighted by Gasteiger charge is 2.61. The lowest BCUT2D eigenvalue weighted by Crippen LogP contribution is -2.43. The molecule has 0 radical (unpaired) electrons. The summed E-state index contributed by atoms with van der Waals surface area (Å²) in [5.74, 6) is -0.847. The van der Waals surface area contributed by atoms with Crippen molar-refractivity contribution in [1.29, 1.82) is 0 Å². The van der Waals surface area contributed by atoms with Crippen molar-refractivity contribution in [1.82, 2.24) is 0 Å². The van der Waals surface area contributed by atoms with E-state index in [9.17, 15) is 14.4 Å². The molecule has 7 atom stereocenters. The van der Waals surface area contributed by atoms with E-state index in [4.69, 9.17) is 14.2 Å². The third-order valence-corrected chi connectivity index (χ3v) is 5.89. The van der Waals surface area contributed by atoms with Crippen LogP contribution in [0.1, 0.15) is 26.7 Å². The number of methoxy groups -OCH3 is 1. The quantitative estimate of drug-likeness (QED) is 0.575. The van der Waals surface area contributed by atoms with Crippen LogP contribution in [0.15, 0.2) is 0 Å². The number of rotatable bonds is 3. The van der Waals surface area contributed by atoms with Gasteiger partial charge in [-0.2, -0.15) is 0 Å². The molecule has 3 aliphatic rings. The van der Waals surface area contributed by atoms with Crippen LogP contribution in [0.5, 0.6) is 0 Å². The van der Waals surface area contributed by atoms with Gasteiger partial charge in [0.15, 0.2) is 0 Å². The van der Waals surface area contributed by atoms with Gasteiger partial charge in [0.05, 0.1) is 25.4 Å². The Bertz CT molecular complexity index is 501. The van der Waals surface area contributed by atoms with Gasteiger partial charge in [-0.15, -0.1) is 0 Å². The Hall–Kier alpha value is -1.59. The number of hydrogen-bond donors (Lipinski definition) is 0. The maximum Gasteiger partial charge on any atom is 0.310 e. The normalized spacial score (nSPS) is 43.0. The van der Waals surface area contributed by atoms with E-state index in [1.54, 1.807) is 0 Å². The molecule has 0 aromatic carbocycles. The van der Waals surface area contributed by atoms with Crippen molar-refractivity contribution in [2.45, 2.75) is 32.8 Å². The largest absolute Gasteiger partial charge is 0.469 e. The Morgan fingerprint density at radius 1 is 1.09 bits per heavy atom. The SMILES string of the molecule is COC(=O)C1C2CC(C(C)C2C)C1C(=O)OC1COC(=O)C1. The topological polar surface area (TPSA) is 78.9 Å². The number of cyclic esters (lactones) is 1. The van der Waals surface area contributed by atoms with Crippen molar-refractivity contribution < 1.29 is 28.6 Å². The molecule has 122 valence electrons. The van der Waals surface area contributed by atoms with E-state index in [0.29, 0.717) is 11.8 Å². The third kappa shape index (κ3) is 2.29. The second-order valence-electron chi connectivity index (χ2n) is 6.80. The van der Waals surface area contributed by atoms with Crippen molar-refractivity contribution in [3.8, 4) is 0 Å². The Kier molecular flexibility index (Phi) is 3.87. The molecule has 1 heterocycles. The fourth-order valence-electron chi connectivity index (χ4n) is 4.59. The molecule has 1 aliphatic heterocycles. The Morgan fingerprint density at radius 3 is 2.18 bits per heavy atom. The summed E-state index contributed by atoms with van der Waals surface area (Å²) in [5, 5.41) is 0. The van der Waals surface area contributed by atoms with Crippen LogP contribution in [0.4, 0.5) is 0 Å². The molecule has 0 amide bonds. The van der Waals surface area contributed by atoms with E-state index in [2.05, 4.69) is 13.8 Å². The first kappa shape index (κ1) is 15.3. The van der Waals surface area contributed by atoms with E-state index in [1.165, 1.54) is 7.11 Å². The van der Waals surface area contributed by atoms with Crippen LogP contribution in [-0.2, 0) is 28.6 Å². The average molecular weight is 310 g/mol. The summed E-state index contributed by atoms with van der Waals surface area (Å²) in [5.41, 5.74) is 0. The predicted octanol–water partition coefficient (Wildman–Crippen LogP) is 1.17. The zero-order valence-electron chi connectivity index (χ0n) is 13.1. The van der Waals surface area contributed by atoms with Crippen molar-refractivity contribution in [3.05, 3.63) is 0 Å². The maximum absolute atomic E-state index is 12.6. The fraction of sp³-hybridized carbons (Fsp3) is 0.812. The van der Waals surface area contributed by atoms with Crippen molar-refractivity contribution >= 4 is 17.9 Å². The van der Waals surface area contributed by atoms with Crippen LogP contribution < -0.4 is 0 Å². The molecule has 1 saturated heterocycles. The van der Waals surface area contributed by atoms with Gasteiger partial charge in [-0.25, -0.2) is 0 Å². The molecule has 6 heteroatoms. The van der Waals surface area contributed by atoms with E-state index < -0.39 is 17.9 Å². The maximum atomic E-state index is 12.6. The molecule has 0 spiro atoms. The molecule has 22 heavy (non-hydrogen) atoms. The molecule has 7 unspecified atom stereocenters. The number of esters is 3. The van der Waals surface area contributed by atoms with Crippen molar-refractivity contribution in [2.24, 2.45) is 35.5 Å². The molecule has 6 nitrogen and oxygen atoms in total. The molecule has 2 bridgehead atoms. The van der Waals surface area contributed by atoms with Crippen molar-refractivity contribution in [2.75, 3.05) is 13.7 Å². The highest BCUT2D eigenvalue weighted by molar-refractivity contribution is 5.84. The second-order valence-corrected chi connectivity index (χ2v) is 6.80. The van der Waals surface area contributed by atoms with Crippen LogP contribution in [0.2, 0.25) is 0 Å². The number of fused-ring (bicyclic) bond motifs is 2. The Labute approximate surface area is 129 Å². The smallest absolute Gasteiger partial charge is 0.310 e. The predicted molar refractivity (Wildman–Crippen MR) is 74.4 cm³/mol. The third-order valence-electron chi connectivity index (χ3n) is 5.89. The van der Waals surface area contributed by atoms with Crippen LogP contribution in [0.25, 0.3) is 0 Å². The van der Waals surface area contributed by atoms with Gasteiger partial charge in [-0.3, -0.25) is 14.4 Å². The molecular weight excluding hydrogens is 288 g/mol. The molecule has 0 aromatic rings. The minimum absolute atomic E-state index is 0.0986. The number of hydrogen-bond acceptors (Lipinski definition) is 6. The summed E-state index contributed by atoms with van der Waals surface area (Å²) >= 11 is 0. The summed E-state index contributed by atoms with van der Waals surface area (Å²) < 4.78 is 15.2. The first-order chi connectivity index (χ1) is 10.4. The average Bonchev–Trinajstić information content (AvgIpc) is 3.14. The van der Waals surface area contributed by atoms with Gasteiger partial charge in [0.25, 0.3) is 0 Å². The van der Waals surface area contributed by atoms with Crippen LogP contribution in [0, 0.1) is 35.5 Å². The zero-order valence-corrected chi connectivity index (χ0v) is 13.1. The van der Waals surface area contributed by atoms with E-state index in [-0.39, 0.29) is 42.8 Å². The van der Waals surface area contributed by atoms with Crippen LogP contribution in [-0.4, -0.2) is 37.7 Å². The van der Waals surface area contributed by atoms with Gasteiger partial charge >= 0.3 is 17.9 Å². The summed E-state index contributed by atoms with van der Waals surface area (Å²) in [6, 6.07) is 0. The molecule has 2 aliphatic carbocycles. The molecule has 3 fully saturated rings. The molecule has 0 aromatic heterocycles. The lowest BCUT2D eigenvalue weighted by atomic mass is 9.69. The summed E-state index contributed by atoms with van der Waals surface area (Å²) in [4.78, 5) is 35.8. The van der Waals surface area contributed by atoms with Gasteiger partial charge in [0.1, 0.15) is 12.7 Å². The van der Waals surface area contributed by atoms with Gasteiger partial charge in [0.2, 0.25) is 0 Å². The number of carbonyl (C=O) groups excluding carboxylic acids is 3. The van der Waals surface area contributed by atoms with Gasteiger partial charge < -0.3 is 14.2 Å². The van der Waals surface area contributed by atoms with Crippen LogP contribution >= 0.6 is 0 Å². The second kappa shape index (κ2) is 5.56. The fourth-order valence-corrected chi connectivity index (χ4v) is 4.59. The van der Waals surface area contributed by atoms with Gasteiger partial charge in [-0.1, -0.05) is 13.8 Å². The molecule has 0 N–H and O–H groups in total. The standard InChI is InChI=1S/C16H22O6/c1-7-8(2)11-5-10(7)13(15(18)20-3)14(11)16(19)22-9-4-12(17)21-6-9/h7-11,13-14H,4-6H2,1-3H3. The molecular formula is C16H22O6. The summed E-state index contributed by atoms with van der Waals surface area (Å²) in [6.07, 6.45) is 0.439. The van der Waals surface area contributed by atoms with Gasteiger partial charge in [-0.05, 0) is 30.1 Å². The minimum Gasteiger partial charge on any atom is -0.469 e.